The molecule has 0 saturated carbocycles. The van der Waals surface area contributed by atoms with Gasteiger partial charge < -0.3 is 10.6 Å². The van der Waals surface area contributed by atoms with Crippen molar-refractivity contribution in [1.82, 2.24) is 4.90 Å². The average molecular weight is 216 g/mol. The Labute approximate surface area is 92.6 Å². The summed E-state index contributed by atoms with van der Waals surface area (Å²) in [5, 5.41) is 0. The van der Waals surface area contributed by atoms with E-state index in [1.165, 1.54) is 44.6 Å². The van der Waals surface area contributed by atoms with Crippen LogP contribution in [0.2, 0.25) is 0 Å². The van der Waals surface area contributed by atoms with Crippen molar-refractivity contribution < 1.29 is 0 Å². The first kappa shape index (κ1) is 12.3. The molecule has 0 radical (unpaired) electrons. The maximum Gasteiger partial charge on any atom is 0.00509 e. The Kier molecular flexibility index (Phi) is 5.90. The summed E-state index contributed by atoms with van der Waals surface area (Å²) in [6, 6.07) is 0.373. The highest BCUT2D eigenvalue weighted by molar-refractivity contribution is 7.98. The summed E-state index contributed by atoms with van der Waals surface area (Å²) in [5.41, 5.74) is 5.95. The van der Waals surface area contributed by atoms with E-state index in [0.29, 0.717) is 6.04 Å². The van der Waals surface area contributed by atoms with Gasteiger partial charge in [0.1, 0.15) is 0 Å². The maximum absolute atomic E-state index is 5.95. The number of rotatable bonds is 5. The minimum atomic E-state index is 0.373. The molecule has 0 aliphatic carbocycles. The van der Waals surface area contributed by atoms with Crippen molar-refractivity contribution in [2.24, 2.45) is 11.7 Å². The fraction of sp³-hybridized carbons (Fsp3) is 1.00. The van der Waals surface area contributed by atoms with Gasteiger partial charge in [-0.25, -0.2) is 0 Å². The maximum atomic E-state index is 5.95. The van der Waals surface area contributed by atoms with Crippen molar-refractivity contribution >= 4 is 11.8 Å². The molecule has 2 atom stereocenters. The molecule has 0 bridgehead atoms. The van der Waals surface area contributed by atoms with Gasteiger partial charge in [0.15, 0.2) is 0 Å². The zero-order valence-corrected chi connectivity index (χ0v) is 10.4. The Morgan fingerprint density at radius 2 is 2.36 bits per heavy atom. The smallest absolute Gasteiger partial charge is 0.00509 e. The van der Waals surface area contributed by atoms with Crippen LogP contribution in [0.1, 0.15) is 26.2 Å². The van der Waals surface area contributed by atoms with Crippen molar-refractivity contribution in [3.8, 4) is 0 Å². The Balaban J connectivity index is 2.19. The van der Waals surface area contributed by atoms with Gasteiger partial charge in [-0.3, -0.25) is 0 Å². The largest absolute Gasteiger partial charge is 0.328 e. The van der Waals surface area contributed by atoms with Crippen molar-refractivity contribution in [2.75, 3.05) is 31.6 Å². The number of nitrogens with zero attached hydrogens (tertiary/aromatic N) is 1. The molecular weight excluding hydrogens is 192 g/mol. The van der Waals surface area contributed by atoms with Crippen LogP contribution in [0.25, 0.3) is 0 Å². The lowest BCUT2D eigenvalue weighted by atomic mass is 9.92. The van der Waals surface area contributed by atoms with E-state index in [4.69, 9.17) is 5.73 Å². The van der Waals surface area contributed by atoms with E-state index < -0.39 is 0 Å². The average Bonchev–Trinajstić information content (AvgIpc) is 2.19. The van der Waals surface area contributed by atoms with Crippen LogP contribution in [-0.2, 0) is 0 Å². The molecule has 1 rings (SSSR count). The van der Waals surface area contributed by atoms with Crippen LogP contribution in [0, 0.1) is 5.92 Å². The predicted molar refractivity (Wildman–Crippen MR) is 65.8 cm³/mol. The predicted octanol–water partition coefficient (Wildman–Crippen LogP) is 1.80. The molecule has 0 amide bonds. The Bertz CT molecular complexity index is 150. The van der Waals surface area contributed by atoms with Gasteiger partial charge >= 0.3 is 0 Å². The van der Waals surface area contributed by atoms with Crippen LogP contribution in [0.15, 0.2) is 0 Å². The second-order valence-corrected chi connectivity index (χ2v) is 5.39. The molecule has 1 aliphatic rings. The van der Waals surface area contributed by atoms with E-state index in [-0.39, 0.29) is 0 Å². The van der Waals surface area contributed by atoms with Gasteiger partial charge in [0, 0.05) is 12.6 Å². The first-order chi connectivity index (χ1) is 6.74. The summed E-state index contributed by atoms with van der Waals surface area (Å²) in [6.07, 6.45) is 6.18. The summed E-state index contributed by atoms with van der Waals surface area (Å²) in [4.78, 5) is 2.59. The molecule has 14 heavy (non-hydrogen) atoms. The third-order valence-electron chi connectivity index (χ3n) is 3.11. The first-order valence-corrected chi connectivity index (χ1v) is 7.10. The van der Waals surface area contributed by atoms with E-state index in [9.17, 15) is 0 Å². The van der Waals surface area contributed by atoms with Crippen molar-refractivity contribution in [3.05, 3.63) is 0 Å². The SMILES string of the molecule is CSCCCN1CCCC(C(C)N)C1. The van der Waals surface area contributed by atoms with Crippen LogP contribution in [0.5, 0.6) is 0 Å². The van der Waals surface area contributed by atoms with E-state index in [2.05, 4.69) is 18.1 Å². The highest BCUT2D eigenvalue weighted by Gasteiger charge is 2.21. The molecule has 0 aromatic rings. The van der Waals surface area contributed by atoms with Crippen molar-refractivity contribution in [2.45, 2.75) is 32.2 Å². The number of nitrogens with two attached hydrogens (primary N) is 1. The zero-order valence-electron chi connectivity index (χ0n) is 9.54. The quantitative estimate of drug-likeness (QED) is 0.711. The molecule has 1 aliphatic heterocycles. The van der Waals surface area contributed by atoms with E-state index in [0.717, 1.165) is 5.92 Å². The fourth-order valence-corrected chi connectivity index (χ4v) is 2.57. The third-order valence-corrected chi connectivity index (χ3v) is 3.81. The molecule has 2 nitrogen and oxygen atoms in total. The zero-order chi connectivity index (χ0) is 10.4. The first-order valence-electron chi connectivity index (χ1n) is 5.71. The normalized spacial score (nSPS) is 26.4. The lowest BCUT2D eigenvalue weighted by Gasteiger charge is -2.34. The molecule has 1 saturated heterocycles. The number of hydrogen-bond donors (Lipinski definition) is 1. The number of thioether (sulfide) groups is 1. The molecular formula is C11H24N2S. The van der Waals surface area contributed by atoms with Crippen LogP contribution >= 0.6 is 11.8 Å². The molecule has 1 fully saturated rings. The van der Waals surface area contributed by atoms with Crippen LogP contribution < -0.4 is 5.73 Å². The van der Waals surface area contributed by atoms with Gasteiger partial charge in [-0.15, -0.1) is 0 Å². The Morgan fingerprint density at radius 1 is 1.57 bits per heavy atom. The fourth-order valence-electron chi connectivity index (χ4n) is 2.16. The van der Waals surface area contributed by atoms with Gasteiger partial charge in [0.2, 0.25) is 0 Å². The lowest BCUT2D eigenvalue weighted by molar-refractivity contribution is 0.162. The molecule has 3 heteroatoms. The highest BCUT2D eigenvalue weighted by Crippen LogP contribution is 2.18. The van der Waals surface area contributed by atoms with E-state index in [1.807, 2.05) is 11.8 Å². The monoisotopic (exact) mass is 216 g/mol. The van der Waals surface area contributed by atoms with Crippen molar-refractivity contribution in [3.63, 3.8) is 0 Å². The molecule has 0 spiro atoms. The van der Waals surface area contributed by atoms with Gasteiger partial charge in [-0.2, -0.15) is 11.8 Å². The van der Waals surface area contributed by atoms with Crippen LogP contribution in [0.3, 0.4) is 0 Å². The van der Waals surface area contributed by atoms with Gasteiger partial charge in [-0.05, 0) is 57.2 Å². The van der Waals surface area contributed by atoms with Gasteiger partial charge in [0.25, 0.3) is 0 Å². The Hall–Kier alpha value is 0.270. The minimum Gasteiger partial charge on any atom is -0.328 e. The summed E-state index contributed by atoms with van der Waals surface area (Å²) >= 11 is 1.95. The van der Waals surface area contributed by atoms with Crippen molar-refractivity contribution in [1.29, 1.82) is 0 Å². The molecule has 2 unspecified atom stereocenters. The summed E-state index contributed by atoms with van der Waals surface area (Å²) in [7, 11) is 0. The summed E-state index contributed by atoms with van der Waals surface area (Å²) in [5.74, 6) is 2.03. The lowest BCUT2D eigenvalue weighted by Crippen LogP contribution is -2.42. The van der Waals surface area contributed by atoms with E-state index in [1.54, 1.807) is 0 Å². The second-order valence-electron chi connectivity index (χ2n) is 4.41. The highest BCUT2D eigenvalue weighted by atomic mass is 32.2. The van der Waals surface area contributed by atoms with Crippen LogP contribution in [-0.4, -0.2) is 42.6 Å². The summed E-state index contributed by atoms with van der Waals surface area (Å²) in [6.45, 7) is 5.93. The van der Waals surface area contributed by atoms with Gasteiger partial charge in [-0.1, -0.05) is 0 Å². The number of likely N-dealkylation sites (tertiary alicyclic amines) is 1. The second kappa shape index (κ2) is 6.70. The minimum absolute atomic E-state index is 0.373. The molecule has 1 heterocycles. The topological polar surface area (TPSA) is 29.3 Å². The molecule has 84 valence electrons. The molecule has 2 N–H and O–H groups in total. The Morgan fingerprint density at radius 3 is 3.00 bits per heavy atom. The number of piperidine rings is 1. The third kappa shape index (κ3) is 4.20. The standard InChI is InChI=1S/C11H24N2S/c1-10(12)11-5-3-6-13(9-11)7-4-8-14-2/h10-11H,3-9,12H2,1-2H3. The summed E-state index contributed by atoms with van der Waals surface area (Å²) < 4.78 is 0. The van der Waals surface area contributed by atoms with Crippen LogP contribution in [0.4, 0.5) is 0 Å². The number of hydrogen-bond acceptors (Lipinski definition) is 3. The van der Waals surface area contributed by atoms with Gasteiger partial charge in [0.05, 0.1) is 0 Å². The molecule has 0 aromatic carbocycles. The van der Waals surface area contributed by atoms with E-state index >= 15 is 0 Å². The molecule has 0 aromatic heterocycles.